The highest BCUT2D eigenvalue weighted by molar-refractivity contribution is 5.85. The molecule has 2 atom stereocenters. The highest BCUT2D eigenvalue weighted by Crippen LogP contribution is 2.28. The predicted molar refractivity (Wildman–Crippen MR) is 99.1 cm³/mol. The van der Waals surface area contributed by atoms with E-state index in [-0.39, 0.29) is 31.0 Å². The van der Waals surface area contributed by atoms with Crippen molar-refractivity contribution in [3.05, 3.63) is 29.8 Å². The summed E-state index contributed by atoms with van der Waals surface area (Å²) in [5, 5.41) is 6.40. The van der Waals surface area contributed by atoms with Crippen molar-refractivity contribution in [3.8, 4) is 11.5 Å². The number of halogens is 1. The minimum absolute atomic E-state index is 0. The van der Waals surface area contributed by atoms with Crippen LogP contribution in [-0.2, 0) is 4.79 Å². The van der Waals surface area contributed by atoms with Crippen LogP contribution in [0.15, 0.2) is 24.3 Å². The van der Waals surface area contributed by atoms with Crippen LogP contribution in [0.4, 0.5) is 0 Å². The van der Waals surface area contributed by atoms with Gasteiger partial charge in [-0.25, -0.2) is 0 Å². The van der Waals surface area contributed by atoms with Crippen LogP contribution < -0.4 is 20.1 Å². The Labute approximate surface area is 150 Å². The average molecular weight is 355 g/mol. The van der Waals surface area contributed by atoms with Crippen LogP contribution >= 0.6 is 12.4 Å². The van der Waals surface area contributed by atoms with E-state index in [0.717, 1.165) is 24.9 Å². The van der Waals surface area contributed by atoms with Crippen molar-refractivity contribution < 1.29 is 14.3 Å². The molecule has 0 aromatic heterocycles. The van der Waals surface area contributed by atoms with Gasteiger partial charge in [-0.15, -0.1) is 12.4 Å². The molecule has 0 spiro atoms. The van der Waals surface area contributed by atoms with E-state index >= 15 is 0 Å². The van der Waals surface area contributed by atoms with Crippen LogP contribution in [0, 0.1) is 0 Å². The Balaban J connectivity index is 0.00000288. The summed E-state index contributed by atoms with van der Waals surface area (Å²) in [4.78, 5) is 12.1. The smallest absolute Gasteiger partial charge is 0.258 e. The van der Waals surface area contributed by atoms with Crippen molar-refractivity contribution in [2.75, 3.05) is 20.3 Å². The molecule has 0 saturated carbocycles. The Bertz CT molecular complexity index is 563. The Kier molecular flexibility index (Phi) is 8.65. The molecule has 1 amide bonds. The molecule has 0 bridgehead atoms. The summed E-state index contributed by atoms with van der Waals surface area (Å²) in [6.45, 7) is 5.03. The number of hydrogen-bond acceptors (Lipinski definition) is 4. The van der Waals surface area contributed by atoms with E-state index in [1.165, 1.54) is 0 Å². The number of allylic oxidation sites excluding steroid dienone is 1. The van der Waals surface area contributed by atoms with E-state index in [1.54, 1.807) is 7.11 Å². The number of rotatable bonds is 6. The van der Waals surface area contributed by atoms with Crippen molar-refractivity contribution in [2.24, 2.45) is 0 Å². The summed E-state index contributed by atoms with van der Waals surface area (Å²) < 4.78 is 10.9. The molecule has 6 heteroatoms. The second-order valence-corrected chi connectivity index (χ2v) is 5.84. The van der Waals surface area contributed by atoms with Crippen LogP contribution in [0.5, 0.6) is 11.5 Å². The van der Waals surface area contributed by atoms with E-state index in [2.05, 4.69) is 17.6 Å². The number of methoxy groups -OCH3 is 1. The average Bonchev–Trinajstić information content (AvgIpc) is 2.54. The zero-order valence-corrected chi connectivity index (χ0v) is 15.3. The van der Waals surface area contributed by atoms with Gasteiger partial charge in [0.2, 0.25) is 0 Å². The molecule has 2 N–H and O–H groups in total. The molecule has 0 radical (unpaired) electrons. The van der Waals surface area contributed by atoms with Gasteiger partial charge < -0.3 is 20.1 Å². The summed E-state index contributed by atoms with van der Waals surface area (Å²) in [5.41, 5.74) is 1.03. The maximum absolute atomic E-state index is 12.1. The van der Waals surface area contributed by atoms with Gasteiger partial charge in [-0.3, -0.25) is 4.79 Å². The molecule has 1 aromatic rings. The van der Waals surface area contributed by atoms with Crippen molar-refractivity contribution in [2.45, 2.75) is 38.8 Å². The van der Waals surface area contributed by atoms with Crippen molar-refractivity contribution in [3.63, 3.8) is 0 Å². The lowest BCUT2D eigenvalue weighted by Crippen LogP contribution is -2.47. The van der Waals surface area contributed by atoms with E-state index in [9.17, 15) is 4.79 Å². The molecule has 24 heavy (non-hydrogen) atoms. The fourth-order valence-corrected chi connectivity index (χ4v) is 2.78. The van der Waals surface area contributed by atoms with Gasteiger partial charge in [0.05, 0.1) is 7.11 Å². The Hall–Kier alpha value is -1.72. The molecule has 1 aromatic carbocycles. The first-order chi connectivity index (χ1) is 11.1. The van der Waals surface area contributed by atoms with Crippen LogP contribution in [-0.4, -0.2) is 38.3 Å². The third-order valence-electron chi connectivity index (χ3n) is 3.89. The Morgan fingerprint density at radius 2 is 2.21 bits per heavy atom. The van der Waals surface area contributed by atoms with Gasteiger partial charge in [0.25, 0.3) is 5.91 Å². The largest absolute Gasteiger partial charge is 0.493 e. The zero-order chi connectivity index (χ0) is 16.7. The normalized spacial score (nSPS) is 20.3. The molecule has 2 rings (SSSR count). The molecule has 2 unspecified atom stereocenters. The quantitative estimate of drug-likeness (QED) is 0.824. The van der Waals surface area contributed by atoms with Gasteiger partial charge in [-0.05, 0) is 50.9 Å². The van der Waals surface area contributed by atoms with Gasteiger partial charge in [0.1, 0.15) is 0 Å². The monoisotopic (exact) mass is 354 g/mol. The minimum atomic E-state index is -0.0938. The lowest BCUT2D eigenvalue weighted by molar-refractivity contribution is -0.124. The molecule has 1 fully saturated rings. The van der Waals surface area contributed by atoms with Gasteiger partial charge in [-0.1, -0.05) is 18.2 Å². The van der Waals surface area contributed by atoms with Gasteiger partial charge >= 0.3 is 0 Å². The summed E-state index contributed by atoms with van der Waals surface area (Å²) in [6.07, 6.45) is 5.85. The van der Waals surface area contributed by atoms with Crippen molar-refractivity contribution in [1.82, 2.24) is 10.6 Å². The van der Waals surface area contributed by atoms with Crippen molar-refractivity contribution in [1.29, 1.82) is 0 Å². The summed E-state index contributed by atoms with van der Waals surface area (Å²) in [5.74, 6) is 1.11. The molecule has 1 heterocycles. The summed E-state index contributed by atoms with van der Waals surface area (Å²) in [7, 11) is 1.60. The number of amides is 1. The van der Waals surface area contributed by atoms with Crippen LogP contribution in [0.25, 0.3) is 6.08 Å². The maximum atomic E-state index is 12.1. The lowest BCUT2D eigenvalue weighted by Gasteiger charge is -2.28. The number of piperidine rings is 1. The number of hydrogen-bond donors (Lipinski definition) is 2. The lowest BCUT2D eigenvalue weighted by atomic mass is 10.0. The molecular formula is C18H27ClN2O3. The molecular weight excluding hydrogens is 328 g/mol. The second kappa shape index (κ2) is 10.2. The first kappa shape index (κ1) is 20.3. The number of benzene rings is 1. The first-order valence-electron chi connectivity index (χ1n) is 8.08. The second-order valence-electron chi connectivity index (χ2n) is 5.84. The molecule has 5 nitrogen and oxygen atoms in total. The molecule has 1 aliphatic rings. The number of carbonyl (C=O) groups excluding carboxylic acids is 1. The molecule has 1 saturated heterocycles. The first-order valence-corrected chi connectivity index (χ1v) is 8.08. The van der Waals surface area contributed by atoms with E-state index < -0.39 is 0 Å². The number of nitrogens with one attached hydrogen (secondary N) is 2. The van der Waals surface area contributed by atoms with E-state index in [1.807, 2.05) is 37.3 Å². The number of ether oxygens (including phenoxy) is 2. The molecule has 0 aliphatic carbocycles. The fourth-order valence-electron chi connectivity index (χ4n) is 2.78. The Morgan fingerprint density at radius 1 is 1.42 bits per heavy atom. The third-order valence-corrected chi connectivity index (χ3v) is 3.89. The highest BCUT2D eigenvalue weighted by atomic mass is 35.5. The van der Waals surface area contributed by atoms with Crippen molar-refractivity contribution >= 4 is 24.4 Å². The van der Waals surface area contributed by atoms with Crippen LogP contribution in [0.1, 0.15) is 32.3 Å². The fraction of sp³-hybridized carbons (Fsp3) is 0.500. The molecule has 134 valence electrons. The zero-order valence-electron chi connectivity index (χ0n) is 14.5. The topological polar surface area (TPSA) is 59.6 Å². The maximum Gasteiger partial charge on any atom is 0.258 e. The predicted octanol–water partition coefficient (Wildman–Crippen LogP) is 2.79. The third kappa shape index (κ3) is 6.06. The minimum Gasteiger partial charge on any atom is -0.493 e. The van der Waals surface area contributed by atoms with Gasteiger partial charge in [0.15, 0.2) is 18.1 Å². The van der Waals surface area contributed by atoms with Crippen LogP contribution in [0.3, 0.4) is 0 Å². The van der Waals surface area contributed by atoms with Gasteiger partial charge in [0, 0.05) is 12.1 Å². The van der Waals surface area contributed by atoms with Gasteiger partial charge in [-0.2, -0.15) is 0 Å². The van der Waals surface area contributed by atoms with Crippen LogP contribution in [0.2, 0.25) is 0 Å². The summed E-state index contributed by atoms with van der Waals surface area (Å²) in [6, 6.07) is 6.32. The van der Waals surface area contributed by atoms with E-state index in [0.29, 0.717) is 17.5 Å². The summed E-state index contributed by atoms with van der Waals surface area (Å²) >= 11 is 0. The SMILES string of the molecule is C/C=C/c1ccc(OCC(=O)NC2CCNC(C)C2)c(OC)c1.Cl. The van der Waals surface area contributed by atoms with E-state index in [4.69, 9.17) is 9.47 Å². The molecule has 1 aliphatic heterocycles. The Morgan fingerprint density at radius 3 is 2.88 bits per heavy atom. The standard InChI is InChI=1S/C18H26N2O3.ClH/c1-4-5-14-6-7-16(17(11-14)22-3)23-12-18(21)20-15-8-9-19-13(2)10-15;/h4-7,11,13,15,19H,8-10,12H2,1-3H3,(H,20,21);1H/b5-4+;. The highest BCUT2D eigenvalue weighted by Gasteiger charge is 2.20. The number of carbonyl (C=O) groups is 1.